The topological polar surface area (TPSA) is 93.5 Å². The number of aromatic nitrogens is 2. The molecule has 1 aliphatic heterocycles. The molecule has 0 saturated carbocycles. The van der Waals surface area contributed by atoms with Gasteiger partial charge in [-0.1, -0.05) is 12.1 Å². The van der Waals surface area contributed by atoms with Crippen LogP contribution in [0.5, 0.6) is 0 Å². The number of benzene rings is 1. The van der Waals surface area contributed by atoms with Crippen LogP contribution >= 0.6 is 11.6 Å². The van der Waals surface area contributed by atoms with Gasteiger partial charge in [0.1, 0.15) is 11.6 Å². The van der Waals surface area contributed by atoms with E-state index in [4.69, 9.17) is 16.3 Å². The Morgan fingerprint density at radius 3 is 2.61 bits per heavy atom. The lowest BCUT2D eigenvalue weighted by Gasteiger charge is -2.29. The molecule has 1 aromatic carbocycles. The number of hydrogen-bond acceptors (Lipinski definition) is 5. The second-order valence-electron chi connectivity index (χ2n) is 6.62. The first-order chi connectivity index (χ1) is 13.2. The van der Waals surface area contributed by atoms with E-state index in [1.54, 1.807) is 20.8 Å². The molecule has 1 aliphatic rings. The number of nitrogens with one attached hydrogen (secondary N) is 1. The van der Waals surface area contributed by atoms with E-state index in [1.165, 1.54) is 23.1 Å². The molecule has 10 heteroatoms. The van der Waals surface area contributed by atoms with E-state index >= 15 is 0 Å². The zero-order valence-corrected chi connectivity index (χ0v) is 16.2. The number of fused-ring (bicyclic) bond motifs is 1. The molecule has 0 fully saturated rings. The van der Waals surface area contributed by atoms with Crippen LogP contribution < -0.4 is 5.32 Å². The van der Waals surface area contributed by atoms with Crippen LogP contribution in [0.3, 0.4) is 0 Å². The minimum absolute atomic E-state index is 0.00944. The van der Waals surface area contributed by atoms with Gasteiger partial charge >= 0.3 is 11.5 Å². The molecule has 0 saturated heterocycles. The van der Waals surface area contributed by atoms with Crippen LogP contribution in [0.1, 0.15) is 42.4 Å². The van der Waals surface area contributed by atoms with Crippen LogP contribution in [-0.4, -0.2) is 38.7 Å². The Bertz CT molecular complexity index is 972. The van der Waals surface area contributed by atoms with Gasteiger partial charge in [0.2, 0.25) is 0 Å². The molecule has 0 unspecified atom stereocenters. The van der Waals surface area contributed by atoms with Crippen LogP contribution in [0.2, 0.25) is 0 Å². The summed E-state index contributed by atoms with van der Waals surface area (Å²) >= 11 is 5.67. The van der Waals surface area contributed by atoms with Crippen LogP contribution in [0.25, 0.3) is 0 Å². The van der Waals surface area contributed by atoms with Crippen LogP contribution in [-0.2, 0) is 16.8 Å². The van der Waals surface area contributed by atoms with Gasteiger partial charge in [0, 0.05) is 5.56 Å². The number of hydrogen-bond donors (Lipinski definition) is 1. The molecular formula is C18H18ClFN4O4. The summed E-state index contributed by atoms with van der Waals surface area (Å²) in [4.78, 5) is 38.0. The lowest BCUT2D eigenvalue weighted by Crippen LogP contribution is -2.38. The molecule has 148 valence electrons. The number of amides is 2. The molecule has 0 bridgehead atoms. The van der Waals surface area contributed by atoms with Gasteiger partial charge in [0.15, 0.2) is 0 Å². The molecule has 28 heavy (non-hydrogen) atoms. The average Bonchev–Trinajstić information content (AvgIpc) is 3.11. The number of halogens is 2. The van der Waals surface area contributed by atoms with Crippen molar-refractivity contribution in [1.82, 2.24) is 14.7 Å². The van der Waals surface area contributed by atoms with Crippen molar-refractivity contribution in [3.63, 3.8) is 0 Å². The summed E-state index contributed by atoms with van der Waals surface area (Å²) in [5, 5.41) is 6.07. The van der Waals surface area contributed by atoms with Gasteiger partial charge in [-0.05, 0) is 44.5 Å². The van der Waals surface area contributed by atoms with Gasteiger partial charge < -0.3 is 15.0 Å². The van der Waals surface area contributed by atoms with Crippen molar-refractivity contribution < 1.29 is 23.5 Å². The highest BCUT2D eigenvalue weighted by molar-refractivity contribution is 6.62. The van der Waals surface area contributed by atoms with Gasteiger partial charge in [-0.25, -0.2) is 9.18 Å². The summed E-state index contributed by atoms with van der Waals surface area (Å²) in [6.45, 7) is 5.18. The Hall–Kier alpha value is -2.94. The first kappa shape index (κ1) is 19.8. The van der Waals surface area contributed by atoms with Crippen molar-refractivity contribution in [2.45, 2.75) is 32.9 Å². The minimum Gasteiger partial charge on any atom is -0.448 e. The first-order valence-corrected chi connectivity index (χ1v) is 8.88. The van der Waals surface area contributed by atoms with E-state index in [-0.39, 0.29) is 24.5 Å². The number of carbonyl (C=O) groups is 3. The third-order valence-corrected chi connectivity index (χ3v) is 4.76. The van der Waals surface area contributed by atoms with Crippen molar-refractivity contribution in [2.75, 3.05) is 11.9 Å². The maximum Gasteiger partial charge on any atom is 0.436 e. The van der Waals surface area contributed by atoms with E-state index in [0.717, 1.165) is 10.7 Å². The van der Waals surface area contributed by atoms with Crippen molar-refractivity contribution in [1.29, 1.82) is 0 Å². The normalized spacial score (nSPS) is 14.5. The van der Waals surface area contributed by atoms with Gasteiger partial charge in [-0.15, -0.1) is 4.68 Å². The van der Waals surface area contributed by atoms with Gasteiger partial charge in [0.05, 0.1) is 29.9 Å². The summed E-state index contributed by atoms with van der Waals surface area (Å²) in [6, 6.07) is 5.44. The summed E-state index contributed by atoms with van der Waals surface area (Å²) < 4.78 is 19.9. The van der Waals surface area contributed by atoms with Gasteiger partial charge in [-0.2, -0.15) is 5.10 Å². The quantitative estimate of drug-likeness (QED) is 0.617. The van der Waals surface area contributed by atoms with Crippen molar-refractivity contribution >= 4 is 34.8 Å². The molecule has 2 heterocycles. The highest BCUT2D eigenvalue weighted by Crippen LogP contribution is 2.42. The zero-order chi connectivity index (χ0) is 20.6. The molecule has 0 atom stereocenters. The molecule has 1 aromatic heterocycles. The zero-order valence-electron chi connectivity index (χ0n) is 15.5. The summed E-state index contributed by atoms with van der Waals surface area (Å²) in [5.74, 6) is -1.47. The van der Waals surface area contributed by atoms with Gasteiger partial charge in [0.25, 0.3) is 5.91 Å². The smallest absolute Gasteiger partial charge is 0.436 e. The molecule has 2 aromatic rings. The monoisotopic (exact) mass is 408 g/mol. The Morgan fingerprint density at radius 2 is 2.00 bits per heavy atom. The lowest BCUT2D eigenvalue weighted by atomic mass is 10.0. The largest absolute Gasteiger partial charge is 0.448 e. The van der Waals surface area contributed by atoms with E-state index in [1.807, 2.05) is 0 Å². The Balaban J connectivity index is 2.07. The van der Waals surface area contributed by atoms with Crippen LogP contribution in [0, 0.1) is 5.82 Å². The maximum atomic E-state index is 14.0. The second kappa shape index (κ2) is 7.23. The summed E-state index contributed by atoms with van der Waals surface area (Å²) in [7, 11) is 0. The van der Waals surface area contributed by atoms with Crippen LogP contribution in [0.15, 0.2) is 24.3 Å². The van der Waals surface area contributed by atoms with Gasteiger partial charge in [-0.3, -0.25) is 9.59 Å². The number of anilines is 1. The number of carbonyl (C=O) groups excluding carboxylic acids is 3. The van der Waals surface area contributed by atoms with Crippen LogP contribution in [0.4, 0.5) is 19.8 Å². The Morgan fingerprint density at radius 1 is 1.32 bits per heavy atom. The Kier molecular flexibility index (Phi) is 5.12. The third-order valence-electron chi connectivity index (χ3n) is 4.56. The summed E-state index contributed by atoms with van der Waals surface area (Å²) in [6.07, 6.45) is -0.805. The number of nitrogens with zero attached hydrogens (tertiary/aromatic N) is 3. The Labute approximate surface area is 165 Å². The molecule has 0 radical (unpaired) electrons. The lowest BCUT2D eigenvalue weighted by molar-refractivity contribution is 0.102. The SMILES string of the molecule is CCOC(=O)n1nc2c(c1NC(=O)c1ccccc1F)CN(C(=O)Cl)C2(C)C. The fourth-order valence-corrected chi connectivity index (χ4v) is 3.39. The molecular weight excluding hydrogens is 391 g/mol. The number of ether oxygens (including phenoxy) is 1. The minimum atomic E-state index is -0.913. The standard InChI is InChI=1S/C18H18ClFN4O4/c1-4-28-17(27)24-14(21-15(25)10-7-5-6-8-12(10)20)11-9-23(16(19)26)18(2,3)13(11)22-24/h5-8H,4,9H2,1-3H3,(H,21,25). The number of rotatable bonds is 3. The second-order valence-corrected chi connectivity index (χ2v) is 6.94. The predicted molar refractivity (Wildman–Crippen MR) is 98.8 cm³/mol. The van der Waals surface area contributed by atoms with Crippen molar-refractivity contribution in [2.24, 2.45) is 0 Å². The highest BCUT2D eigenvalue weighted by atomic mass is 35.5. The maximum absolute atomic E-state index is 14.0. The fourth-order valence-electron chi connectivity index (χ4n) is 3.12. The molecule has 0 spiro atoms. The van der Waals surface area contributed by atoms with E-state index < -0.39 is 28.7 Å². The van der Waals surface area contributed by atoms with E-state index in [0.29, 0.717) is 11.3 Å². The highest BCUT2D eigenvalue weighted by Gasteiger charge is 2.45. The molecule has 8 nitrogen and oxygen atoms in total. The average molecular weight is 409 g/mol. The molecule has 3 rings (SSSR count). The third kappa shape index (κ3) is 3.22. The first-order valence-electron chi connectivity index (χ1n) is 8.51. The van der Waals surface area contributed by atoms with E-state index in [2.05, 4.69) is 10.4 Å². The fraction of sp³-hybridized carbons (Fsp3) is 0.333. The van der Waals surface area contributed by atoms with Crippen molar-refractivity contribution in [3.8, 4) is 0 Å². The van der Waals surface area contributed by atoms with E-state index in [9.17, 15) is 18.8 Å². The predicted octanol–water partition coefficient (Wildman–Crippen LogP) is 3.69. The summed E-state index contributed by atoms with van der Waals surface area (Å²) in [5.41, 5.74) is -0.297. The molecule has 1 N–H and O–H groups in total. The molecule has 0 aliphatic carbocycles. The molecule has 2 amide bonds. The van der Waals surface area contributed by atoms with Crippen molar-refractivity contribution in [3.05, 3.63) is 46.9 Å².